The quantitative estimate of drug-likeness (QED) is 0.404. The molecule has 1 saturated carbocycles. The number of nitrogens with zero attached hydrogens (tertiary/aromatic N) is 1. The Morgan fingerprint density at radius 1 is 1.06 bits per heavy atom. The Kier molecular flexibility index (Phi) is 8.33. The molecule has 1 atom stereocenters. The van der Waals surface area contributed by atoms with E-state index in [2.05, 4.69) is 5.32 Å². The summed E-state index contributed by atoms with van der Waals surface area (Å²) in [7, 11) is 0. The largest absolute Gasteiger partial charge is 0.620 e. The molecule has 184 valence electrons. The zero-order valence-corrected chi connectivity index (χ0v) is 19.0. The van der Waals surface area contributed by atoms with Crippen molar-refractivity contribution in [1.29, 1.82) is 0 Å². The van der Waals surface area contributed by atoms with Gasteiger partial charge in [0.05, 0.1) is 18.0 Å². The Bertz CT molecular complexity index is 976. The third-order valence-corrected chi connectivity index (χ3v) is 6.34. The second-order valence-corrected chi connectivity index (χ2v) is 8.60. The molecule has 1 aliphatic rings. The smallest absolute Gasteiger partial charge is 0.416 e. The fourth-order valence-electron chi connectivity index (χ4n) is 4.28. The third kappa shape index (κ3) is 6.36. The summed E-state index contributed by atoms with van der Waals surface area (Å²) in [6, 6.07) is 13.4. The molecule has 2 aromatic carbocycles. The van der Waals surface area contributed by atoms with Crippen LogP contribution in [0.2, 0.25) is 0 Å². The molecule has 6 nitrogen and oxygen atoms in total. The topological polar surface area (TPSA) is 78.5 Å². The number of hydrogen-bond acceptors (Lipinski definition) is 4. The molecule has 0 aliphatic heterocycles. The van der Waals surface area contributed by atoms with Gasteiger partial charge in [0.1, 0.15) is 12.3 Å². The Hall–Kier alpha value is -2.91. The number of carbonyl (C=O) groups is 2. The second kappa shape index (κ2) is 11.0. The van der Waals surface area contributed by atoms with Crippen LogP contribution < -0.4 is 9.96 Å². The van der Waals surface area contributed by atoms with Crippen LogP contribution in [0, 0.1) is 17.0 Å². The summed E-state index contributed by atoms with van der Waals surface area (Å²) in [6.07, 6.45) is -2.96. The molecule has 0 radical (unpaired) electrons. The Balaban J connectivity index is 1.51. The molecule has 0 aromatic heterocycles. The number of hydrogen-bond donors (Lipinski definition) is 1. The maximum atomic E-state index is 13.4. The zero-order chi connectivity index (χ0) is 24.8. The van der Waals surface area contributed by atoms with Gasteiger partial charge in [-0.3, -0.25) is 4.65 Å². The SMILES string of the molecule is CC[N+]([O-])(C(=O)C1CCC(CNC(=O)OCc2ccccc2)CC1)c1cccc(C(F)(F)F)c1. The number of carbonyl (C=O) groups excluding carboxylic acids is 2. The molecular formula is C25H29F3N2O4. The first-order valence-electron chi connectivity index (χ1n) is 11.4. The highest BCUT2D eigenvalue weighted by Crippen LogP contribution is 2.37. The summed E-state index contributed by atoms with van der Waals surface area (Å²) >= 11 is 0. The first-order valence-corrected chi connectivity index (χ1v) is 11.4. The summed E-state index contributed by atoms with van der Waals surface area (Å²) < 4.78 is 43.0. The molecule has 9 heteroatoms. The van der Waals surface area contributed by atoms with Crippen molar-refractivity contribution < 1.29 is 27.5 Å². The predicted octanol–water partition coefficient (Wildman–Crippen LogP) is 5.79. The number of quaternary nitrogens is 1. The van der Waals surface area contributed by atoms with Crippen LogP contribution in [0.5, 0.6) is 0 Å². The monoisotopic (exact) mass is 478 g/mol. The van der Waals surface area contributed by atoms with Gasteiger partial charge in [-0.15, -0.1) is 0 Å². The number of amides is 2. The van der Waals surface area contributed by atoms with Crippen molar-refractivity contribution in [3.05, 3.63) is 70.9 Å². The number of alkyl halides is 3. The minimum absolute atomic E-state index is 0.136. The van der Waals surface area contributed by atoms with E-state index in [4.69, 9.17) is 4.74 Å². The molecule has 1 N–H and O–H groups in total. The highest BCUT2D eigenvalue weighted by Gasteiger charge is 2.39. The molecule has 1 aliphatic carbocycles. The van der Waals surface area contributed by atoms with Gasteiger partial charge >= 0.3 is 18.2 Å². The average molecular weight is 479 g/mol. The Morgan fingerprint density at radius 2 is 1.74 bits per heavy atom. The van der Waals surface area contributed by atoms with Crippen molar-refractivity contribution in [2.24, 2.45) is 11.8 Å². The number of rotatable bonds is 7. The summed E-state index contributed by atoms with van der Waals surface area (Å²) in [6.45, 7) is 1.88. The van der Waals surface area contributed by atoms with E-state index in [1.165, 1.54) is 13.0 Å². The van der Waals surface area contributed by atoms with Gasteiger partial charge in [-0.2, -0.15) is 13.2 Å². The molecule has 0 heterocycles. The van der Waals surface area contributed by atoms with Gasteiger partial charge in [-0.1, -0.05) is 36.4 Å². The minimum Gasteiger partial charge on any atom is -0.620 e. The summed E-state index contributed by atoms with van der Waals surface area (Å²) in [5.74, 6) is -1.01. The Labute approximate surface area is 196 Å². The first kappa shape index (κ1) is 25.7. The fourth-order valence-corrected chi connectivity index (χ4v) is 4.28. The van der Waals surface area contributed by atoms with Crippen LogP contribution in [0.3, 0.4) is 0 Å². The molecule has 34 heavy (non-hydrogen) atoms. The minimum atomic E-state index is -4.59. The van der Waals surface area contributed by atoms with Crippen LogP contribution in [0.4, 0.5) is 23.7 Å². The van der Waals surface area contributed by atoms with Crippen LogP contribution in [-0.2, 0) is 22.3 Å². The number of benzene rings is 2. The van der Waals surface area contributed by atoms with E-state index in [-0.39, 0.29) is 24.8 Å². The highest BCUT2D eigenvalue weighted by molar-refractivity contribution is 5.91. The number of ether oxygens (including phenoxy) is 1. The second-order valence-electron chi connectivity index (χ2n) is 8.60. The van der Waals surface area contributed by atoms with Gasteiger partial charge in [0.25, 0.3) is 0 Å². The molecule has 0 bridgehead atoms. The van der Waals surface area contributed by atoms with E-state index in [0.29, 0.717) is 32.2 Å². The van der Waals surface area contributed by atoms with Gasteiger partial charge in [-0.25, -0.2) is 9.59 Å². The van der Waals surface area contributed by atoms with Crippen molar-refractivity contribution in [1.82, 2.24) is 9.96 Å². The van der Waals surface area contributed by atoms with Gasteiger partial charge in [0, 0.05) is 12.6 Å². The van der Waals surface area contributed by atoms with E-state index >= 15 is 0 Å². The first-order chi connectivity index (χ1) is 16.1. The Morgan fingerprint density at radius 3 is 2.35 bits per heavy atom. The molecular weight excluding hydrogens is 449 g/mol. The van der Waals surface area contributed by atoms with Gasteiger partial charge in [0.2, 0.25) is 0 Å². The van der Waals surface area contributed by atoms with E-state index in [0.717, 1.165) is 23.8 Å². The van der Waals surface area contributed by atoms with Gasteiger partial charge in [0.15, 0.2) is 0 Å². The van der Waals surface area contributed by atoms with E-state index < -0.39 is 34.3 Å². The molecule has 0 saturated heterocycles. The number of hydroxylamine groups is 2. The average Bonchev–Trinajstić information content (AvgIpc) is 2.85. The van der Waals surface area contributed by atoms with Crippen LogP contribution >= 0.6 is 0 Å². The summed E-state index contributed by atoms with van der Waals surface area (Å²) in [5, 5.41) is 16.1. The number of halogens is 3. The van der Waals surface area contributed by atoms with E-state index in [9.17, 15) is 28.0 Å². The lowest BCUT2D eigenvalue weighted by atomic mass is 9.81. The lowest BCUT2D eigenvalue weighted by Gasteiger charge is -2.42. The third-order valence-electron chi connectivity index (χ3n) is 6.34. The highest BCUT2D eigenvalue weighted by atomic mass is 19.4. The van der Waals surface area contributed by atoms with Crippen LogP contribution in [0.1, 0.15) is 43.7 Å². The van der Waals surface area contributed by atoms with Crippen LogP contribution in [-0.4, -0.2) is 25.1 Å². The molecule has 1 unspecified atom stereocenters. The van der Waals surface area contributed by atoms with Gasteiger partial charge < -0.3 is 15.3 Å². The molecule has 2 aromatic rings. The lowest BCUT2D eigenvalue weighted by Crippen LogP contribution is -2.52. The zero-order valence-electron chi connectivity index (χ0n) is 19.0. The molecule has 3 rings (SSSR count). The number of nitrogens with one attached hydrogen (secondary N) is 1. The van der Waals surface area contributed by atoms with Crippen LogP contribution in [0.25, 0.3) is 0 Å². The van der Waals surface area contributed by atoms with Crippen molar-refractivity contribution >= 4 is 17.7 Å². The van der Waals surface area contributed by atoms with Crippen LogP contribution in [0.15, 0.2) is 54.6 Å². The van der Waals surface area contributed by atoms with Crippen molar-refractivity contribution in [2.45, 2.75) is 45.4 Å². The standard InChI is InChI=1S/C25H29F3N2O4/c1-2-30(33,22-10-6-9-21(15-22)25(26,27)28)23(31)20-13-11-18(12-14-20)16-29-24(32)34-17-19-7-4-3-5-8-19/h3-10,15,18,20H,2,11-14,16-17H2,1H3,(H,29,32). The maximum absolute atomic E-state index is 13.4. The van der Waals surface area contributed by atoms with E-state index in [1.54, 1.807) is 0 Å². The fraction of sp³-hybridized carbons (Fsp3) is 0.440. The van der Waals surface area contributed by atoms with Crippen molar-refractivity contribution in [2.75, 3.05) is 13.1 Å². The maximum Gasteiger partial charge on any atom is 0.416 e. The van der Waals surface area contributed by atoms with E-state index in [1.807, 2.05) is 30.3 Å². The normalized spacial score (nSPS) is 20.3. The van der Waals surface area contributed by atoms with Crippen molar-refractivity contribution in [3.63, 3.8) is 0 Å². The van der Waals surface area contributed by atoms with Crippen molar-refractivity contribution in [3.8, 4) is 0 Å². The molecule has 1 fully saturated rings. The summed E-state index contributed by atoms with van der Waals surface area (Å²) in [5.41, 5.74) is -0.265. The molecule has 0 spiro atoms. The summed E-state index contributed by atoms with van der Waals surface area (Å²) in [4.78, 5) is 25.0. The number of alkyl carbamates (subject to hydrolysis) is 1. The van der Waals surface area contributed by atoms with Gasteiger partial charge in [-0.05, 0) is 56.2 Å². The predicted molar refractivity (Wildman–Crippen MR) is 122 cm³/mol. The lowest BCUT2D eigenvalue weighted by molar-refractivity contribution is -0.138. The molecule has 2 amide bonds.